The van der Waals surface area contributed by atoms with Gasteiger partial charge >= 0.3 is 6.09 Å². The van der Waals surface area contributed by atoms with Crippen molar-refractivity contribution in [2.24, 2.45) is 5.41 Å². The molecule has 0 aromatic carbocycles. The van der Waals surface area contributed by atoms with Crippen molar-refractivity contribution >= 4 is 6.09 Å². The second-order valence-electron chi connectivity index (χ2n) is 4.70. The lowest BCUT2D eigenvalue weighted by Gasteiger charge is -2.27. The number of ether oxygens (including phenoxy) is 1. The minimum atomic E-state index is -0.180. The molecule has 0 radical (unpaired) electrons. The fourth-order valence-electron chi connectivity index (χ4n) is 2.03. The van der Waals surface area contributed by atoms with E-state index < -0.39 is 0 Å². The summed E-state index contributed by atoms with van der Waals surface area (Å²) in [6.45, 7) is 8.87. The highest BCUT2D eigenvalue weighted by Crippen LogP contribution is 2.50. The molecule has 2 aliphatic heterocycles. The smallest absolute Gasteiger partial charge is 0.414 e. The van der Waals surface area contributed by atoms with Crippen LogP contribution in [0.3, 0.4) is 0 Å². The van der Waals surface area contributed by atoms with Crippen LogP contribution in [0.5, 0.6) is 0 Å². The third kappa shape index (κ3) is 1.06. The molecule has 1 atom stereocenters. The van der Waals surface area contributed by atoms with Crippen LogP contribution >= 0.6 is 0 Å². The average molecular weight is 181 g/mol. The van der Waals surface area contributed by atoms with Crippen LogP contribution in [0.15, 0.2) is 11.3 Å². The summed E-state index contributed by atoms with van der Waals surface area (Å²) in [5.41, 5.74) is 2.45. The minimum absolute atomic E-state index is 0.0700. The Morgan fingerprint density at radius 3 is 2.62 bits per heavy atom. The maximum atomic E-state index is 11.3. The number of nitrogens with zero attached hydrogens (tertiary/aromatic N) is 1. The van der Waals surface area contributed by atoms with Crippen LogP contribution in [0.1, 0.15) is 27.7 Å². The maximum Gasteiger partial charge on any atom is 0.414 e. The average Bonchev–Trinajstić information content (AvgIpc) is 2.73. The predicted octanol–water partition coefficient (Wildman–Crippen LogP) is 2.14. The first kappa shape index (κ1) is 8.60. The van der Waals surface area contributed by atoms with Gasteiger partial charge in [0.2, 0.25) is 0 Å². The van der Waals surface area contributed by atoms with Crippen LogP contribution in [-0.4, -0.2) is 23.6 Å². The highest BCUT2D eigenvalue weighted by Gasteiger charge is 2.59. The van der Waals surface area contributed by atoms with E-state index in [1.807, 2.05) is 13.8 Å². The number of allylic oxidation sites excluding steroid dienone is 1. The summed E-state index contributed by atoms with van der Waals surface area (Å²) < 4.78 is 5.08. The zero-order valence-electron chi connectivity index (χ0n) is 8.55. The molecule has 2 rings (SSSR count). The van der Waals surface area contributed by atoms with Gasteiger partial charge in [-0.25, -0.2) is 4.79 Å². The monoisotopic (exact) mass is 181 g/mol. The van der Waals surface area contributed by atoms with Crippen molar-refractivity contribution in [1.82, 2.24) is 4.90 Å². The predicted molar refractivity (Wildman–Crippen MR) is 49.1 cm³/mol. The zero-order valence-corrected chi connectivity index (χ0v) is 8.55. The number of hydrogen-bond acceptors (Lipinski definition) is 2. The van der Waals surface area contributed by atoms with E-state index in [-0.39, 0.29) is 11.5 Å². The number of carbonyl (C=O) groups is 1. The van der Waals surface area contributed by atoms with Gasteiger partial charge in [0.05, 0.1) is 6.04 Å². The van der Waals surface area contributed by atoms with Gasteiger partial charge in [0.1, 0.15) is 6.61 Å². The molecule has 72 valence electrons. The summed E-state index contributed by atoms with van der Waals surface area (Å²) in [6.07, 6.45) is -0.180. The van der Waals surface area contributed by atoms with Gasteiger partial charge in [-0.2, -0.15) is 0 Å². The molecule has 3 heteroatoms. The van der Waals surface area contributed by atoms with Crippen molar-refractivity contribution < 1.29 is 9.53 Å². The van der Waals surface area contributed by atoms with Crippen molar-refractivity contribution in [3.8, 4) is 0 Å². The Hall–Kier alpha value is -0.990. The summed E-state index contributed by atoms with van der Waals surface area (Å²) in [7, 11) is 0. The van der Waals surface area contributed by atoms with Crippen LogP contribution in [0.4, 0.5) is 4.79 Å². The first-order valence-electron chi connectivity index (χ1n) is 4.58. The lowest BCUT2D eigenvalue weighted by atomic mass is 9.88. The van der Waals surface area contributed by atoms with Gasteiger partial charge in [-0.05, 0) is 13.8 Å². The fraction of sp³-hybridized carbons (Fsp3) is 0.700. The topological polar surface area (TPSA) is 29.3 Å². The number of carbonyl (C=O) groups excluding carboxylic acids is 1. The molecule has 0 bridgehead atoms. The Bertz CT molecular complexity index is 300. The van der Waals surface area contributed by atoms with Crippen LogP contribution in [0, 0.1) is 5.41 Å². The fourth-order valence-corrected chi connectivity index (χ4v) is 2.03. The SMILES string of the molecule is CC(C)=C1[C@H]2N1C(=O)OCC2(C)C. The van der Waals surface area contributed by atoms with E-state index in [0.717, 1.165) is 5.70 Å². The zero-order chi connectivity index (χ0) is 9.80. The number of cyclic esters (lactones) is 1. The lowest BCUT2D eigenvalue weighted by molar-refractivity contribution is 0.0497. The van der Waals surface area contributed by atoms with E-state index in [4.69, 9.17) is 4.74 Å². The third-order valence-corrected chi connectivity index (χ3v) is 2.73. The second-order valence-corrected chi connectivity index (χ2v) is 4.70. The second kappa shape index (κ2) is 2.28. The van der Waals surface area contributed by atoms with Crippen LogP contribution in [0.25, 0.3) is 0 Å². The molecule has 0 unspecified atom stereocenters. The van der Waals surface area contributed by atoms with E-state index in [0.29, 0.717) is 12.6 Å². The summed E-state index contributed by atoms with van der Waals surface area (Å²) in [5.74, 6) is 0. The summed E-state index contributed by atoms with van der Waals surface area (Å²) in [5, 5.41) is 0. The molecular weight excluding hydrogens is 166 g/mol. The highest BCUT2D eigenvalue weighted by molar-refractivity contribution is 5.78. The molecule has 2 fully saturated rings. The van der Waals surface area contributed by atoms with Gasteiger partial charge in [0.25, 0.3) is 0 Å². The molecule has 0 spiro atoms. The first-order valence-corrected chi connectivity index (χ1v) is 4.58. The van der Waals surface area contributed by atoms with E-state index in [2.05, 4.69) is 13.8 Å². The van der Waals surface area contributed by atoms with Crippen molar-refractivity contribution in [2.45, 2.75) is 33.7 Å². The number of fused-ring (bicyclic) bond motifs is 1. The van der Waals surface area contributed by atoms with Gasteiger partial charge in [-0.15, -0.1) is 0 Å². The molecule has 0 aliphatic carbocycles. The van der Waals surface area contributed by atoms with Gasteiger partial charge < -0.3 is 4.74 Å². The van der Waals surface area contributed by atoms with Gasteiger partial charge in [0, 0.05) is 11.1 Å². The molecule has 1 amide bonds. The molecule has 0 N–H and O–H groups in total. The summed E-state index contributed by atoms with van der Waals surface area (Å²) >= 11 is 0. The van der Waals surface area contributed by atoms with Crippen LogP contribution in [0.2, 0.25) is 0 Å². The largest absolute Gasteiger partial charge is 0.448 e. The molecule has 0 aromatic heterocycles. The number of amides is 1. The van der Waals surface area contributed by atoms with Crippen molar-refractivity contribution in [1.29, 1.82) is 0 Å². The molecule has 2 aliphatic rings. The molecule has 0 saturated carbocycles. The molecule has 3 nitrogen and oxygen atoms in total. The Morgan fingerprint density at radius 1 is 1.54 bits per heavy atom. The van der Waals surface area contributed by atoms with Crippen molar-refractivity contribution in [3.05, 3.63) is 11.3 Å². The quantitative estimate of drug-likeness (QED) is 0.536. The van der Waals surface area contributed by atoms with E-state index in [9.17, 15) is 4.79 Å². The highest BCUT2D eigenvalue weighted by atomic mass is 16.6. The Balaban J connectivity index is 2.34. The van der Waals surface area contributed by atoms with Gasteiger partial charge in [-0.1, -0.05) is 19.4 Å². The standard InChI is InChI=1S/C10H15NO2/c1-6(2)7-8-10(3,4)5-13-9(12)11(7)8/h8H,5H2,1-4H3/t8-,11?/m1/s1. The maximum absolute atomic E-state index is 11.3. The Morgan fingerprint density at radius 2 is 2.15 bits per heavy atom. The van der Waals surface area contributed by atoms with Crippen molar-refractivity contribution in [3.63, 3.8) is 0 Å². The molecule has 2 saturated heterocycles. The number of rotatable bonds is 0. The minimum Gasteiger partial charge on any atom is -0.448 e. The lowest BCUT2D eigenvalue weighted by Crippen LogP contribution is -2.37. The molecule has 2 heterocycles. The number of hydrogen-bond donors (Lipinski definition) is 0. The van der Waals surface area contributed by atoms with Crippen LogP contribution < -0.4 is 0 Å². The normalized spacial score (nSPS) is 29.5. The van der Waals surface area contributed by atoms with Crippen molar-refractivity contribution in [2.75, 3.05) is 6.61 Å². The van der Waals surface area contributed by atoms with Gasteiger partial charge in [-0.3, -0.25) is 4.90 Å². The summed E-state index contributed by atoms with van der Waals surface area (Å²) in [4.78, 5) is 13.1. The molecular formula is C10H15NO2. The van der Waals surface area contributed by atoms with E-state index in [1.54, 1.807) is 4.90 Å². The van der Waals surface area contributed by atoms with Crippen LogP contribution in [-0.2, 0) is 4.74 Å². The van der Waals surface area contributed by atoms with E-state index >= 15 is 0 Å². The Labute approximate surface area is 78.4 Å². The van der Waals surface area contributed by atoms with Gasteiger partial charge in [0.15, 0.2) is 0 Å². The molecule has 13 heavy (non-hydrogen) atoms. The third-order valence-electron chi connectivity index (χ3n) is 2.73. The first-order chi connectivity index (χ1) is 5.95. The Kier molecular flexibility index (Phi) is 1.51. The molecule has 0 aromatic rings. The summed E-state index contributed by atoms with van der Waals surface area (Å²) in [6, 6.07) is 0.291. The van der Waals surface area contributed by atoms with E-state index in [1.165, 1.54) is 5.57 Å².